The molecule has 3 rings (SSSR count). The minimum absolute atomic E-state index is 0.331. The summed E-state index contributed by atoms with van der Waals surface area (Å²) in [4.78, 5) is 12.7. The van der Waals surface area contributed by atoms with Gasteiger partial charge < -0.3 is 14.8 Å². The second-order valence-corrected chi connectivity index (χ2v) is 5.98. The van der Waals surface area contributed by atoms with Crippen LogP contribution in [0.3, 0.4) is 0 Å². The van der Waals surface area contributed by atoms with Crippen LogP contribution in [0.5, 0.6) is 11.5 Å². The fourth-order valence-corrected chi connectivity index (χ4v) is 2.63. The minimum Gasteiger partial charge on any atom is -0.493 e. The number of carbonyl (C=O) groups is 1. The molecule has 0 atom stereocenters. The van der Waals surface area contributed by atoms with E-state index in [1.165, 1.54) is 19.2 Å². The molecule has 0 saturated heterocycles. The van der Waals surface area contributed by atoms with Gasteiger partial charge >= 0.3 is 0 Å². The van der Waals surface area contributed by atoms with Gasteiger partial charge in [-0.3, -0.25) is 4.79 Å². The molecule has 1 heterocycles. The molecule has 0 bridgehead atoms. The zero-order chi connectivity index (χ0) is 20.1. The van der Waals surface area contributed by atoms with Crippen LogP contribution in [0.4, 0.5) is 10.2 Å². The highest BCUT2D eigenvalue weighted by molar-refractivity contribution is 6.04. The van der Waals surface area contributed by atoms with E-state index in [1.54, 1.807) is 47.2 Å². The van der Waals surface area contributed by atoms with Gasteiger partial charge in [0.2, 0.25) is 0 Å². The van der Waals surface area contributed by atoms with Crippen molar-refractivity contribution in [3.05, 3.63) is 78.3 Å². The number of hydrogen-bond acceptors (Lipinski definition) is 4. The number of aromatic nitrogens is 2. The maximum Gasteiger partial charge on any atom is 0.256 e. The first-order valence-corrected chi connectivity index (χ1v) is 8.57. The Balaban J connectivity index is 1.85. The van der Waals surface area contributed by atoms with E-state index in [9.17, 15) is 9.18 Å². The second-order valence-electron chi connectivity index (χ2n) is 5.98. The molecule has 0 aliphatic rings. The largest absolute Gasteiger partial charge is 0.493 e. The molecule has 3 aromatic rings. The van der Waals surface area contributed by atoms with Crippen molar-refractivity contribution >= 4 is 11.7 Å². The van der Waals surface area contributed by atoms with Crippen LogP contribution in [0.15, 0.2) is 61.2 Å². The monoisotopic (exact) mass is 381 g/mol. The van der Waals surface area contributed by atoms with E-state index in [0.29, 0.717) is 40.9 Å². The molecule has 1 aromatic heterocycles. The summed E-state index contributed by atoms with van der Waals surface area (Å²) in [7, 11) is 1.50. The first-order valence-electron chi connectivity index (χ1n) is 8.57. The minimum atomic E-state index is -0.343. The molecule has 0 aliphatic carbocycles. The first kappa shape index (κ1) is 19.2. The number of amides is 1. The summed E-state index contributed by atoms with van der Waals surface area (Å²) in [5, 5.41) is 7.19. The zero-order valence-electron chi connectivity index (χ0n) is 15.6. The molecule has 1 N–H and O–H groups in total. The molecule has 0 spiro atoms. The van der Waals surface area contributed by atoms with Crippen LogP contribution in [0.1, 0.15) is 16.1 Å². The van der Waals surface area contributed by atoms with Crippen molar-refractivity contribution < 1.29 is 18.7 Å². The Morgan fingerprint density at radius 1 is 1.21 bits per heavy atom. The number of nitrogens with zero attached hydrogens (tertiary/aromatic N) is 2. The average molecular weight is 381 g/mol. The molecular weight excluding hydrogens is 361 g/mol. The van der Waals surface area contributed by atoms with Crippen molar-refractivity contribution in [1.82, 2.24) is 9.78 Å². The number of hydrogen-bond donors (Lipinski definition) is 1. The molecule has 144 valence electrons. The van der Waals surface area contributed by atoms with Gasteiger partial charge in [0, 0.05) is 11.6 Å². The van der Waals surface area contributed by atoms with Crippen LogP contribution < -0.4 is 14.8 Å². The zero-order valence-corrected chi connectivity index (χ0v) is 15.6. The molecule has 28 heavy (non-hydrogen) atoms. The summed E-state index contributed by atoms with van der Waals surface area (Å²) >= 11 is 0. The van der Waals surface area contributed by atoms with Crippen molar-refractivity contribution in [1.29, 1.82) is 0 Å². The molecule has 1 amide bonds. The van der Waals surface area contributed by atoms with Gasteiger partial charge in [0.15, 0.2) is 11.5 Å². The Morgan fingerprint density at radius 3 is 2.64 bits per heavy atom. The van der Waals surface area contributed by atoms with Crippen LogP contribution in [-0.4, -0.2) is 29.4 Å². The van der Waals surface area contributed by atoms with Crippen LogP contribution >= 0.6 is 0 Å². The molecule has 0 fully saturated rings. The highest BCUT2D eigenvalue weighted by Gasteiger charge is 2.15. The normalized spacial score (nSPS) is 10.4. The maximum absolute atomic E-state index is 13.2. The van der Waals surface area contributed by atoms with Crippen LogP contribution in [0.25, 0.3) is 5.69 Å². The Bertz CT molecular complexity index is 997. The number of rotatable bonds is 7. The van der Waals surface area contributed by atoms with Crippen molar-refractivity contribution in [3.8, 4) is 17.2 Å². The van der Waals surface area contributed by atoms with Crippen LogP contribution in [0.2, 0.25) is 0 Å². The lowest BCUT2D eigenvalue weighted by molar-refractivity contribution is 0.102. The van der Waals surface area contributed by atoms with Crippen molar-refractivity contribution in [3.63, 3.8) is 0 Å². The molecule has 0 radical (unpaired) electrons. The van der Waals surface area contributed by atoms with Crippen LogP contribution in [0, 0.1) is 12.7 Å². The second kappa shape index (κ2) is 8.39. The number of anilines is 1. The van der Waals surface area contributed by atoms with Gasteiger partial charge in [-0.05, 0) is 49.4 Å². The summed E-state index contributed by atoms with van der Waals surface area (Å²) in [5.74, 6) is 0.754. The van der Waals surface area contributed by atoms with E-state index in [2.05, 4.69) is 17.0 Å². The van der Waals surface area contributed by atoms with Crippen molar-refractivity contribution in [2.24, 2.45) is 0 Å². The molecule has 2 aromatic carbocycles. The number of ether oxygens (including phenoxy) is 2. The Kier molecular flexibility index (Phi) is 5.74. The molecule has 0 unspecified atom stereocenters. The molecule has 0 saturated carbocycles. The van der Waals surface area contributed by atoms with Gasteiger partial charge in [-0.2, -0.15) is 5.10 Å². The van der Waals surface area contributed by atoms with Crippen LogP contribution in [-0.2, 0) is 0 Å². The van der Waals surface area contributed by atoms with Gasteiger partial charge in [-0.1, -0.05) is 12.7 Å². The van der Waals surface area contributed by atoms with E-state index in [-0.39, 0.29) is 11.7 Å². The molecule has 0 aliphatic heterocycles. The number of aryl methyl sites for hydroxylation is 1. The van der Waals surface area contributed by atoms with E-state index in [4.69, 9.17) is 9.47 Å². The van der Waals surface area contributed by atoms with E-state index < -0.39 is 0 Å². The molecular formula is C21H20FN3O3. The van der Waals surface area contributed by atoms with Gasteiger partial charge in [0.1, 0.15) is 18.2 Å². The Morgan fingerprint density at radius 2 is 1.96 bits per heavy atom. The van der Waals surface area contributed by atoms with E-state index in [1.807, 2.05) is 6.92 Å². The fourth-order valence-electron chi connectivity index (χ4n) is 2.63. The quantitative estimate of drug-likeness (QED) is 0.625. The SMILES string of the molecule is C=CCOc1ccc(C(=O)Nc2cc(C)nn2-c2ccc(F)cc2)cc1OC. The number of benzene rings is 2. The number of methoxy groups -OCH3 is 1. The summed E-state index contributed by atoms with van der Waals surface area (Å²) in [6, 6.07) is 12.5. The third-order valence-corrected chi connectivity index (χ3v) is 3.93. The Labute approximate surface area is 162 Å². The van der Waals surface area contributed by atoms with E-state index >= 15 is 0 Å². The molecule has 7 heteroatoms. The van der Waals surface area contributed by atoms with Gasteiger partial charge in [-0.25, -0.2) is 9.07 Å². The highest BCUT2D eigenvalue weighted by atomic mass is 19.1. The summed E-state index contributed by atoms with van der Waals surface area (Å²) in [6.07, 6.45) is 1.62. The molecule has 6 nitrogen and oxygen atoms in total. The van der Waals surface area contributed by atoms with E-state index in [0.717, 1.165) is 0 Å². The predicted octanol–water partition coefficient (Wildman–Crippen LogP) is 4.15. The standard InChI is InChI=1S/C21H20FN3O3/c1-4-11-28-18-10-5-15(13-19(18)27-3)21(26)23-20-12-14(2)24-25(20)17-8-6-16(22)7-9-17/h4-10,12-13H,1,11H2,2-3H3,(H,23,26). The summed E-state index contributed by atoms with van der Waals surface area (Å²) in [6.45, 7) is 5.75. The third-order valence-electron chi connectivity index (χ3n) is 3.93. The summed E-state index contributed by atoms with van der Waals surface area (Å²) in [5.41, 5.74) is 1.74. The third kappa shape index (κ3) is 4.20. The topological polar surface area (TPSA) is 65.4 Å². The number of carbonyl (C=O) groups excluding carboxylic acids is 1. The first-order chi connectivity index (χ1) is 13.5. The summed E-state index contributed by atoms with van der Waals surface area (Å²) < 4.78 is 25.5. The lowest BCUT2D eigenvalue weighted by Crippen LogP contribution is -2.15. The smallest absolute Gasteiger partial charge is 0.256 e. The Hall–Kier alpha value is -3.61. The van der Waals surface area contributed by atoms with Crippen molar-refractivity contribution in [2.45, 2.75) is 6.92 Å². The van der Waals surface area contributed by atoms with Gasteiger partial charge in [0.05, 0.1) is 18.5 Å². The lowest BCUT2D eigenvalue weighted by Gasteiger charge is -2.12. The lowest BCUT2D eigenvalue weighted by atomic mass is 10.2. The number of halogens is 1. The van der Waals surface area contributed by atoms with Gasteiger partial charge in [0.25, 0.3) is 5.91 Å². The fraction of sp³-hybridized carbons (Fsp3) is 0.143. The van der Waals surface area contributed by atoms with Crippen molar-refractivity contribution in [2.75, 3.05) is 19.0 Å². The average Bonchev–Trinajstić information content (AvgIpc) is 3.06. The van der Waals surface area contributed by atoms with Gasteiger partial charge in [-0.15, -0.1) is 0 Å². The number of nitrogens with one attached hydrogen (secondary N) is 1. The highest BCUT2D eigenvalue weighted by Crippen LogP contribution is 2.28. The maximum atomic E-state index is 13.2. The predicted molar refractivity (Wildman–Crippen MR) is 105 cm³/mol.